The fourth-order valence-electron chi connectivity index (χ4n) is 7.87. The maximum Gasteiger partial charge on any atom is 0.405 e. The van der Waals surface area contributed by atoms with Gasteiger partial charge in [0.05, 0.1) is 15.4 Å². The van der Waals surface area contributed by atoms with Gasteiger partial charge in [0.15, 0.2) is 0 Å². The van der Waals surface area contributed by atoms with Crippen LogP contribution in [0.2, 0.25) is 5.02 Å². The van der Waals surface area contributed by atoms with Gasteiger partial charge in [-0.05, 0) is 122 Å². The zero-order valence-electron chi connectivity index (χ0n) is 32.4. The predicted molar refractivity (Wildman–Crippen MR) is 223 cm³/mol. The van der Waals surface area contributed by atoms with Crippen LogP contribution < -0.4 is 19.7 Å². The second kappa shape index (κ2) is 16.6. The molecule has 1 aliphatic heterocycles. The number of nitro benzene ring substituents is 1. The number of hydrogen-bond donors (Lipinski definition) is 3. The minimum atomic E-state index is -4.75. The third-order valence-electron chi connectivity index (χ3n) is 11.0. The van der Waals surface area contributed by atoms with E-state index in [1.807, 2.05) is 34.3 Å². The molecule has 310 valence electrons. The van der Waals surface area contributed by atoms with E-state index in [1.54, 1.807) is 30.5 Å². The van der Waals surface area contributed by atoms with Crippen LogP contribution in [0.15, 0.2) is 102 Å². The van der Waals surface area contributed by atoms with Crippen molar-refractivity contribution < 1.29 is 36.0 Å². The Morgan fingerprint density at radius 2 is 1.76 bits per heavy atom. The molecule has 11 nitrogen and oxygen atoms in total. The molecule has 0 radical (unpaired) electrons. The molecule has 4 aromatic carbocycles. The van der Waals surface area contributed by atoms with Crippen LogP contribution in [0, 0.1) is 21.4 Å². The van der Waals surface area contributed by atoms with Gasteiger partial charge in [-0.2, -0.15) is 13.2 Å². The summed E-state index contributed by atoms with van der Waals surface area (Å²) in [7, 11) is -4.75. The number of carbonyl (C=O) groups excluding carboxylic acids is 1. The first-order valence-corrected chi connectivity index (χ1v) is 21.1. The number of fused-ring (bicyclic) bond motifs is 1. The van der Waals surface area contributed by atoms with Gasteiger partial charge < -0.3 is 19.9 Å². The van der Waals surface area contributed by atoms with Gasteiger partial charge in [-0.1, -0.05) is 43.2 Å². The molecular weight excluding hydrogens is 807 g/mol. The van der Waals surface area contributed by atoms with E-state index in [-0.39, 0.29) is 16.7 Å². The first kappa shape index (κ1) is 41.6. The van der Waals surface area contributed by atoms with Gasteiger partial charge in [-0.25, -0.2) is 13.1 Å². The van der Waals surface area contributed by atoms with Gasteiger partial charge in [-0.15, -0.1) is 0 Å². The highest BCUT2D eigenvalue weighted by atomic mass is 35.5. The van der Waals surface area contributed by atoms with E-state index < -0.39 is 49.8 Å². The number of sulfonamides is 1. The lowest BCUT2D eigenvalue weighted by molar-refractivity contribution is -0.384. The van der Waals surface area contributed by atoms with E-state index in [4.69, 9.17) is 16.3 Å². The van der Waals surface area contributed by atoms with Crippen LogP contribution >= 0.6 is 11.6 Å². The maximum absolute atomic E-state index is 13.7. The molecule has 7 rings (SSSR count). The molecule has 0 bridgehead atoms. The zero-order valence-corrected chi connectivity index (χ0v) is 33.9. The maximum atomic E-state index is 13.7. The average molecular weight is 850 g/mol. The number of piperidine rings is 1. The topological polar surface area (TPSA) is 147 Å². The van der Waals surface area contributed by atoms with Crippen LogP contribution in [0.3, 0.4) is 0 Å². The van der Waals surface area contributed by atoms with Crippen LogP contribution in [0.4, 0.5) is 30.2 Å². The van der Waals surface area contributed by atoms with Crippen molar-refractivity contribution in [2.24, 2.45) is 11.3 Å². The van der Waals surface area contributed by atoms with E-state index in [9.17, 15) is 36.5 Å². The largest absolute Gasteiger partial charge is 0.456 e. The van der Waals surface area contributed by atoms with Crippen LogP contribution in [0.1, 0.15) is 68.3 Å². The fraction of sp³-hybridized carbons (Fsp3) is 0.326. The summed E-state index contributed by atoms with van der Waals surface area (Å²) in [5.74, 6) is -0.125. The highest BCUT2D eigenvalue weighted by molar-refractivity contribution is 7.90. The Morgan fingerprint density at radius 1 is 1.02 bits per heavy atom. The number of benzene rings is 4. The lowest BCUT2D eigenvalue weighted by Crippen LogP contribution is -2.34. The van der Waals surface area contributed by atoms with Crippen LogP contribution in [0.25, 0.3) is 16.5 Å². The van der Waals surface area contributed by atoms with Crippen molar-refractivity contribution >= 4 is 61.1 Å². The normalized spacial score (nSPS) is 16.3. The fourth-order valence-corrected chi connectivity index (χ4v) is 8.98. The number of carbonyl (C=O) groups is 1. The summed E-state index contributed by atoms with van der Waals surface area (Å²) in [5, 5.41) is 15.2. The van der Waals surface area contributed by atoms with Crippen molar-refractivity contribution in [3.8, 4) is 11.5 Å². The number of alkyl halides is 3. The monoisotopic (exact) mass is 849 g/mol. The van der Waals surface area contributed by atoms with Crippen LogP contribution in [-0.2, 0) is 10.0 Å². The number of ether oxygens (including phenoxy) is 1. The number of anilines is 2. The SMILES string of the molecule is CC1(C)CCC(CC2CCN(c3ccc(C(=O)NS(=O)(=O)c4ccc(NCC(F)(F)F)c([N+](=O)[O-])c4)c(Oc4ccc5[nH]ccc5c4)c3)CC2)=C(c2ccc(Cl)cc2)C1. The van der Waals surface area contributed by atoms with E-state index in [2.05, 4.69) is 35.9 Å². The molecular formula is C43H43ClF3N5O6S. The molecule has 1 amide bonds. The molecule has 16 heteroatoms. The number of halogens is 4. The Bertz CT molecular complexity index is 2530. The number of nitrogens with zero attached hydrogens (tertiary/aromatic N) is 2. The van der Waals surface area contributed by atoms with E-state index in [1.165, 1.54) is 22.8 Å². The molecule has 1 fully saturated rings. The number of hydrogen-bond acceptors (Lipinski definition) is 8. The molecule has 1 saturated heterocycles. The Hall–Kier alpha value is -5.54. The lowest BCUT2D eigenvalue weighted by atomic mass is 9.70. The summed E-state index contributed by atoms with van der Waals surface area (Å²) in [6.45, 7) is 4.57. The summed E-state index contributed by atoms with van der Waals surface area (Å²) in [6.07, 6.45) is 3.20. The molecule has 0 saturated carbocycles. The standard InChI is InChI=1S/C43H43ClF3N5O6S/c1-42(2)17-13-29(36(25-42)28-3-5-31(44)6-4-28)21-27-15-19-51(20-16-27)32-7-10-35(40(23-32)58-33-8-11-37-30(22-33)14-18-48-37)41(53)50-59(56,57)34-9-12-38(39(24-34)52(54)55)49-26-43(45,46)47/h3-12,14,18,22-24,27,48-49H,13,15-17,19-21,25-26H2,1-2H3,(H,50,53). The summed E-state index contributed by atoms with van der Waals surface area (Å²) in [5.41, 5.74) is 4.44. The predicted octanol–water partition coefficient (Wildman–Crippen LogP) is 10.9. The van der Waals surface area contributed by atoms with Gasteiger partial charge in [0.2, 0.25) is 0 Å². The van der Waals surface area contributed by atoms with Gasteiger partial charge in [0, 0.05) is 53.0 Å². The number of nitro groups is 1. The Kier molecular flexibility index (Phi) is 11.7. The lowest BCUT2D eigenvalue weighted by Gasteiger charge is -2.37. The zero-order chi connectivity index (χ0) is 42.1. The van der Waals surface area contributed by atoms with Gasteiger partial charge in [-0.3, -0.25) is 14.9 Å². The molecule has 0 atom stereocenters. The summed E-state index contributed by atoms with van der Waals surface area (Å²) in [4.78, 5) is 29.1. The second-order valence-corrected chi connectivity index (χ2v) is 18.0. The third kappa shape index (κ3) is 10.0. The first-order chi connectivity index (χ1) is 27.9. The Labute approximate surface area is 344 Å². The highest BCUT2D eigenvalue weighted by Gasteiger charge is 2.32. The number of aromatic nitrogens is 1. The van der Waals surface area contributed by atoms with Crippen LogP contribution in [-0.4, -0.2) is 50.0 Å². The Morgan fingerprint density at radius 3 is 2.47 bits per heavy atom. The molecule has 2 heterocycles. The number of nitrogens with one attached hydrogen (secondary N) is 3. The third-order valence-corrected chi connectivity index (χ3v) is 12.6. The van der Waals surface area contributed by atoms with Crippen LogP contribution in [0.5, 0.6) is 11.5 Å². The van der Waals surface area contributed by atoms with Gasteiger partial charge in [0.1, 0.15) is 23.7 Å². The molecule has 2 aliphatic rings. The van der Waals surface area contributed by atoms with Crippen molar-refractivity contribution in [3.05, 3.63) is 123 Å². The van der Waals surface area contributed by atoms with Gasteiger partial charge >= 0.3 is 6.18 Å². The Balaban J connectivity index is 1.11. The van der Waals surface area contributed by atoms with Crippen molar-refractivity contribution in [2.75, 3.05) is 29.9 Å². The molecule has 1 aromatic heterocycles. The summed E-state index contributed by atoms with van der Waals surface area (Å²) >= 11 is 6.22. The number of aromatic amines is 1. The van der Waals surface area contributed by atoms with E-state index in [0.29, 0.717) is 22.8 Å². The number of H-pyrrole nitrogens is 1. The number of allylic oxidation sites excluding steroid dienone is 2. The molecule has 0 spiro atoms. The van der Waals surface area contributed by atoms with Crippen molar-refractivity contribution in [1.29, 1.82) is 0 Å². The minimum Gasteiger partial charge on any atom is -0.456 e. The molecule has 3 N–H and O–H groups in total. The van der Waals surface area contributed by atoms with Crippen molar-refractivity contribution in [2.45, 2.75) is 63.4 Å². The van der Waals surface area contributed by atoms with Crippen molar-refractivity contribution in [3.63, 3.8) is 0 Å². The smallest absolute Gasteiger partial charge is 0.405 e. The highest BCUT2D eigenvalue weighted by Crippen LogP contribution is 2.46. The van der Waals surface area contributed by atoms with Gasteiger partial charge in [0.25, 0.3) is 21.6 Å². The van der Waals surface area contributed by atoms with Crippen molar-refractivity contribution in [1.82, 2.24) is 9.71 Å². The average Bonchev–Trinajstić information content (AvgIpc) is 3.66. The number of rotatable bonds is 12. The molecule has 0 unspecified atom stereocenters. The quantitative estimate of drug-likeness (QED) is 0.0830. The van der Waals surface area contributed by atoms with E-state index in [0.717, 1.165) is 80.3 Å². The molecule has 59 heavy (non-hydrogen) atoms. The molecule has 5 aromatic rings. The minimum absolute atomic E-state index is 0.0764. The molecule has 1 aliphatic carbocycles. The second-order valence-electron chi connectivity index (χ2n) is 15.9. The first-order valence-electron chi connectivity index (χ1n) is 19.2. The summed E-state index contributed by atoms with van der Waals surface area (Å²) < 4.78 is 73.5. The summed E-state index contributed by atoms with van der Waals surface area (Å²) in [6, 6.07) is 22.5. The number of amides is 1. The van der Waals surface area contributed by atoms with E-state index >= 15 is 0 Å².